The molecule has 3 aromatic rings. The Labute approximate surface area is 135 Å². The van der Waals surface area contributed by atoms with Gasteiger partial charge in [0.15, 0.2) is 5.58 Å². The van der Waals surface area contributed by atoms with Crippen molar-refractivity contribution in [1.82, 2.24) is 4.57 Å². The second kappa shape index (κ2) is 5.99. The lowest BCUT2D eigenvalue weighted by atomic mass is 10.2. The van der Waals surface area contributed by atoms with Crippen molar-refractivity contribution in [3.8, 4) is 0 Å². The standard InChI is InChI=1S/C16H13N3O5/c1-10-8-11(19(22)23)6-7-12(10)17-15(20)9-18-13-4-2-3-5-14(13)24-16(18)21/h2-8H,9H2,1H3,(H,17,20). The van der Waals surface area contributed by atoms with Gasteiger partial charge in [-0.05, 0) is 30.7 Å². The molecule has 0 unspecified atom stereocenters. The molecule has 1 aromatic heterocycles. The molecule has 1 N–H and O–H groups in total. The Hall–Kier alpha value is -3.42. The summed E-state index contributed by atoms with van der Waals surface area (Å²) < 4.78 is 6.30. The number of hydrogen-bond donors (Lipinski definition) is 1. The fourth-order valence-corrected chi connectivity index (χ4v) is 2.40. The molecule has 0 saturated carbocycles. The second-order valence-electron chi connectivity index (χ2n) is 5.23. The van der Waals surface area contributed by atoms with Gasteiger partial charge in [-0.3, -0.25) is 19.5 Å². The van der Waals surface area contributed by atoms with E-state index in [0.717, 1.165) is 0 Å². The van der Waals surface area contributed by atoms with E-state index < -0.39 is 16.6 Å². The number of non-ortho nitro benzene ring substituents is 1. The summed E-state index contributed by atoms with van der Waals surface area (Å²) in [5, 5.41) is 13.4. The highest BCUT2D eigenvalue weighted by Crippen LogP contribution is 2.21. The zero-order valence-corrected chi connectivity index (χ0v) is 12.7. The summed E-state index contributed by atoms with van der Waals surface area (Å²) in [6.45, 7) is 1.44. The number of nitro benzene ring substituents is 1. The molecule has 0 radical (unpaired) electrons. The van der Waals surface area contributed by atoms with Crippen LogP contribution < -0.4 is 11.1 Å². The number of hydrogen-bond acceptors (Lipinski definition) is 5. The molecule has 3 rings (SSSR count). The van der Waals surface area contributed by atoms with Crippen LogP contribution in [0.3, 0.4) is 0 Å². The number of rotatable bonds is 4. The van der Waals surface area contributed by atoms with Crippen LogP contribution in [0.2, 0.25) is 0 Å². The van der Waals surface area contributed by atoms with Crippen molar-refractivity contribution in [1.29, 1.82) is 0 Å². The highest BCUT2D eigenvalue weighted by Gasteiger charge is 2.14. The first kappa shape index (κ1) is 15.5. The maximum Gasteiger partial charge on any atom is 0.420 e. The number of nitrogens with zero attached hydrogens (tertiary/aromatic N) is 2. The van der Waals surface area contributed by atoms with Crippen molar-refractivity contribution in [3.63, 3.8) is 0 Å². The van der Waals surface area contributed by atoms with E-state index in [1.54, 1.807) is 31.2 Å². The van der Waals surface area contributed by atoms with Crippen LogP contribution in [-0.2, 0) is 11.3 Å². The van der Waals surface area contributed by atoms with Gasteiger partial charge in [0, 0.05) is 17.8 Å². The molecule has 0 bridgehead atoms. The topological polar surface area (TPSA) is 107 Å². The van der Waals surface area contributed by atoms with Crippen molar-refractivity contribution in [2.75, 3.05) is 5.32 Å². The lowest BCUT2D eigenvalue weighted by Gasteiger charge is -2.08. The Kier molecular flexibility index (Phi) is 3.87. The molecule has 0 spiro atoms. The molecule has 1 heterocycles. The number of fused-ring (bicyclic) bond motifs is 1. The predicted octanol–water partition coefficient (Wildman–Crippen LogP) is 2.45. The molecule has 0 atom stereocenters. The van der Waals surface area contributed by atoms with E-state index in [1.165, 1.54) is 22.8 Å². The number of nitrogens with one attached hydrogen (secondary N) is 1. The van der Waals surface area contributed by atoms with Gasteiger partial charge in [0.05, 0.1) is 10.4 Å². The Bertz CT molecular complexity index is 1000. The molecule has 24 heavy (non-hydrogen) atoms. The zero-order chi connectivity index (χ0) is 17.3. The van der Waals surface area contributed by atoms with Gasteiger partial charge in [-0.25, -0.2) is 4.79 Å². The van der Waals surface area contributed by atoms with E-state index >= 15 is 0 Å². The molecule has 0 aliphatic carbocycles. The van der Waals surface area contributed by atoms with Crippen LogP contribution in [0.1, 0.15) is 5.56 Å². The van der Waals surface area contributed by atoms with E-state index in [1.807, 2.05) is 0 Å². The first-order valence-corrected chi connectivity index (χ1v) is 7.09. The maximum absolute atomic E-state index is 12.2. The van der Waals surface area contributed by atoms with Gasteiger partial charge in [0.25, 0.3) is 5.69 Å². The van der Waals surface area contributed by atoms with Crippen molar-refractivity contribution in [2.24, 2.45) is 0 Å². The Balaban J connectivity index is 1.82. The number of anilines is 1. The number of amides is 1. The van der Waals surface area contributed by atoms with Gasteiger partial charge in [0.2, 0.25) is 5.91 Å². The van der Waals surface area contributed by atoms with E-state index in [4.69, 9.17) is 4.42 Å². The molecule has 1 amide bonds. The van der Waals surface area contributed by atoms with Crippen LogP contribution in [0.25, 0.3) is 11.1 Å². The van der Waals surface area contributed by atoms with Gasteiger partial charge in [-0.15, -0.1) is 0 Å². The third-order valence-corrected chi connectivity index (χ3v) is 3.57. The lowest BCUT2D eigenvalue weighted by molar-refractivity contribution is -0.384. The Morgan fingerprint density at radius 2 is 2.04 bits per heavy atom. The summed E-state index contributed by atoms with van der Waals surface area (Å²) in [6.07, 6.45) is 0. The summed E-state index contributed by atoms with van der Waals surface area (Å²) in [4.78, 5) is 34.3. The Morgan fingerprint density at radius 1 is 1.29 bits per heavy atom. The minimum absolute atomic E-state index is 0.0532. The van der Waals surface area contributed by atoms with Crippen LogP contribution in [-0.4, -0.2) is 15.4 Å². The predicted molar refractivity (Wildman–Crippen MR) is 86.9 cm³/mol. The van der Waals surface area contributed by atoms with Crippen molar-refractivity contribution < 1.29 is 14.1 Å². The number of benzene rings is 2. The van der Waals surface area contributed by atoms with E-state index in [-0.39, 0.29) is 12.2 Å². The smallest absolute Gasteiger partial charge is 0.408 e. The van der Waals surface area contributed by atoms with Crippen LogP contribution >= 0.6 is 0 Å². The van der Waals surface area contributed by atoms with Crippen molar-refractivity contribution in [2.45, 2.75) is 13.5 Å². The van der Waals surface area contributed by atoms with Crippen LogP contribution in [0.5, 0.6) is 0 Å². The number of carbonyl (C=O) groups is 1. The molecular formula is C16H13N3O5. The molecule has 0 saturated heterocycles. The van der Waals surface area contributed by atoms with E-state index in [0.29, 0.717) is 22.4 Å². The first-order chi connectivity index (χ1) is 11.5. The molecule has 0 aliphatic rings. The minimum Gasteiger partial charge on any atom is -0.408 e. The lowest BCUT2D eigenvalue weighted by Crippen LogP contribution is -2.25. The molecule has 0 fully saturated rings. The SMILES string of the molecule is Cc1cc([N+](=O)[O-])ccc1NC(=O)Cn1c(=O)oc2ccccc21. The summed E-state index contributed by atoms with van der Waals surface area (Å²) in [5.41, 5.74) is 1.89. The quantitative estimate of drug-likeness (QED) is 0.585. The molecule has 8 nitrogen and oxygen atoms in total. The van der Waals surface area contributed by atoms with Crippen LogP contribution in [0.4, 0.5) is 11.4 Å². The average molecular weight is 327 g/mol. The highest BCUT2D eigenvalue weighted by molar-refractivity contribution is 5.92. The number of nitro groups is 1. The molecule has 122 valence electrons. The maximum atomic E-state index is 12.2. The van der Waals surface area contributed by atoms with Gasteiger partial charge in [-0.1, -0.05) is 12.1 Å². The van der Waals surface area contributed by atoms with Gasteiger partial charge in [-0.2, -0.15) is 0 Å². The fourth-order valence-electron chi connectivity index (χ4n) is 2.40. The molecule has 8 heteroatoms. The Morgan fingerprint density at radius 3 is 2.75 bits per heavy atom. The van der Waals surface area contributed by atoms with E-state index in [2.05, 4.69) is 5.32 Å². The second-order valence-corrected chi connectivity index (χ2v) is 5.23. The third kappa shape index (κ3) is 2.89. The summed E-state index contributed by atoms with van der Waals surface area (Å²) in [7, 11) is 0. The highest BCUT2D eigenvalue weighted by atomic mass is 16.6. The minimum atomic E-state index is -0.619. The number of aromatic nitrogens is 1. The average Bonchev–Trinajstić information content (AvgIpc) is 2.85. The fraction of sp³-hybridized carbons (Fsp3) is 0.125. The molecule has 0 aliphatic heterocycles. The van der Waals surface area contributed by atoms with Crippen molar-refractivity contribution in [3.05, 3.63) is 68.7 Å². The largest absolute Gasteiger partial charge is 0.420 e. The van der Waals surface area contributed by atoms with Crippen molar-refractivity contribution >= 4 is 28.4 Å². The normalized spacial score (nSPS) is 10.7. The summed E-state index contributed by atoms with van der Waals surface area (Å²) in [5.74, 6) is -1.05. The van der Waals surface area contributed by atoms with E-state index in [9.17, 15) is 19.7 Å². The van der Waals surface area contributed by atoms with Gasteiger partial charge in [0.1, 0.15) is 6.54 Å². The van der Waals surface area contributed by atoms with Crippen LogP contribution in [0, 0.1) is 17.0 Å². The third-order valence-electron chi connectivity index (χ3n) is 3.57. The van der Waals surface area contributed by atoms with Crippen LogP contribution in [0.15, 0.2) is 51.7 Å². The molecule has 2 aromatic carbocycles. The summed E-state index contributed by atoms with van der Waals surface area (Å²) in [6, 6.07) is 10.9. The molecular weight excluding hydrogens is 314 g/mol. The number of carbonyl (C=O) groups excluding carboxylic acids is 1. The van der Waals surface area contributed by atoms with Gasteiger partial charge < -0.3 is 9.73 Å². The number of para-hydroxylation sites is 2. The number of oxazole rings is 1. The van der Waals surface area contributed by atoms with Gasteiger partial charge >= 0.3 is 5.76 Å². The summed E-state index contributed by atoms with van der Waals surface area (Å²) >= 11 is 0. The first-order valence-electron chi connectivity index (χ1n) is 7.09. The number of aryl methyl sites for hydroxylation is 1. The monoisotopic (exact) mass is 327 g/mol. The zero-order valence-electron chi connectivity index (χ0n) is 12.7.